The largest absolute Gasteiger partial charge is 0.734 e. The molecule has 0 aliphatic heterocycles. The van der Waals surface area contributed by atoms with Crippen LogP contribution < -0.4 is 9.47 Å². The first-order valence-electron chi connectivity index (χ1n) is 6.37. The molecule has 2 rings (SSSR count). The average Bonchev–Trinajstić information content (AvgIpc) is 2.52. The van der Waals surface area contributed by atoms with Crippen molar-refractivity contribution in [2.75, 3.05) is 7.11 Å². The summed E-state index contributed by atoms with van der Waals surface area (Å²) in [7, 11) is 1.55. The van der Waals surface area contributed by atoms with Crippen molar-refractivity contribution in [1.82, 2.24) is 5.23 Å². The number of methoxy groups -OCH3 is 1. The fourth-order valence-electron chi connectivity index (χ4n) is 1.79. The molecule has 110 valence electrons. The fourth-order valence-corrected chi connectivity index (χ4v) is 1.79. The minimum atomic E-state index is -0.258. The van der Waals surface area contributed by atoms with Gasteiger partial charge in [-0.25, -0.2) is 0 Å². The highest BCUT2D eigenvalue weighted by molar-refractivity contribution is 5.55. The van der Waals surface area contributed by atoms with Crippen molar-refractivity contribution in [3.8, 4) is 11.5 Å². The lowest BCUT2D eigenvalue weighted by atomic mass is 10.2. The average molecular weight is 286 g/mol. The van der Waals surface area contributed by atoms with Gasteiger partial charge in [-0.1, -0.05) is 36.4 Å². The zero-order valence-corrected chi connectivity index (χ0v) is 11.6. The Kier molecular flexibility index (Phi) is 5.20. The SMILES string of the molecule is COc1cc(C=CN([O-])O)ccc1OCc1ccccc1. The molecule has 2 aromatic rings. The van der Waals surface area contributed by atoms with Gasteiger partial charge in [-0.05, 0) is 29.3 Å². The van der Waals surface area contributed by atoms with Gasteiger partial charge in [-0.3, -0.25) is 5.21 Å². The zero-order valence-electron chi connectivity index (χ0n) is 11.6. The van der Waals surface area contributed by atoms with Gasteiger partial charge in [0.25, 0.3) is 0 Å². The van der Waals surface area contributed by atoms with Gasteiger partial charge in [-0.15, -0.1) is 0 Å². The maximum absolute atomic E-state index is 10.4. The number of rotatable bonds is 6. The third-order valence-electron chi connectivity index (χ3n) is 2.82. The molecule has 0 atom stereocenters. The maximum atomic E-state index is 10.4. The number of hydroxylamine groups is 2. The molecular weight excluding hydrogens is 270 g/mol. The lowest BCUT2D eigenvalue weighted by Crippen LogP contribution is -1.99. The van der Waals surface area contributed by atoms with E-state index >= 15 is 0 Å². The Morgan fingerprint density at radius 3 is 2.57 bits per heavy atom. The number of benzene rings is 2. The number of ether oxygens (including phenoxy) is 2. The van der Waals surface area contributed by atoms with Crippen molar-refractivity contribution in [3.63, 3.8) is 0 Å². The Balaban J connectivity index is 2.09. The molecule has 0 saturated carbocycles. The van der Waals surface area contributed by atoms with Gasteiger partial charge in [0.15, 0.2) is 11.5 Å². The van der Waals surface area contributed by atoms with Gasteiger partial charge in [0.1, 0.15) is 6.61 Å². The molecule has 0 aliphatic rings. The van der Waals surface area contributed by atoms with E-state index in [1.165, 1.54) is 6.08 Å². The summed E-state index contributed by atoms with van der Waals surface area (Å²) in [5.74, 6) is 1.17. The predicted molar refractivity (Wildman–Crippen MR) is 79.8 cm³/mol. The molecule has 2 aromatic carbocycles. The molecule has 0 spiro atoms. The van der Waals surface area contributed by atoms with Crippen molar-refractivity contribution in [2.24, 2.45) is 0 Å². The van der Waals surface area contributed by atoms with Crippen LogP contribution in [-0.2, 0) is 6.61 Å². The summed E-state index contributed by atoms with van der Waals surface area (Å²) in [6.45, 7) is 0.442. The standard InChI is InChI=1S/C16H16NO4/c1-20-16-11-13(9-10-17(18)19)7-8-15(16)21-12-14-5-3-2-4-6-14/h2-11,18H,12H2,1H3/q-1. The van der Waals surface area contributed by atoms with Gasteiger partial charge in [0, 0.05) is 6.20 Å². The molecule has 0 unspecified atom stereocenters. The molecule has 0 aliphatic carbocycles. The van der Waals surface area contributed by atoms with Crippen LogP contribution in [0.4, 0.5) is 0 Å². The molecule has 5 nitrogen and oxygen atoms in total. The van der Waals surface area contributed by atoms with E-state index < -0.39 is 0 Å². The monoisotopic (exact) mass is 286 g/mol. The van der Waals surface area contributed by atoms with Crippen LogP contribution in [0.5, 0.6) is 11.5 Å². The Morgan fingerprint density at radius 1 is 1.14 bits per heavy atom. The Morgan fingerprint density at radius 2 is 1.90 bits per heavy atom. The van der Waals surface area contributed by atoms with Gasteiger partial charge >= 0.3 is 0 Å². The molecule has 0 bridgehead atoms. The first-order chi connectivity index (χ1) is 10.2. The topological polar surface area (TPSA) is 65.0 Å². The summed E-state index contributed by atoms with van der Waals surface area (Å²) in [4.78, 5) is 0. The van der Waals surface area contributed by atoms with Crippen LogP contribution in [0, 0.1) is 5.21 Å². The summed E-state index contributed by atoms with van der Waals surface area (Å²) in [6, 6.07) is 15.1. The van der Waals surface area contributed by atoms with Crippen LogP contribution in [0.15, 0.2) is 54.7 Å². The summed E-state index contributed by atoms with van der Waals surface area (Å²) < 4.78 is 11.0. The predicted octanol–water partition coefficient (Wildman–Crippen LogP) is 3.43. The van der Waals surface area contributed by atoms with E-state index in [0.717, 1.165) is 11.8 Å². The Bertz CT molecular complexity index is 596. The van der Waals surface area contributed by atoms with E-state index in [4.69, 9.17) is 14.7 Å². The number of hydrogen-bond acceptors (Lipinski definition) is 5. The van der Waals surface area contributed by atoms with Gasteiger partial charge < -0.3 is 19.9 Å². The van der Waals surface area contributed by atoms with Crippen molar-refractivity contribution < 1.29 is 14.7 Å². The summed E-state index contributed by atoms with van der Waals surface area (Å²) in [5.41, 5.74) is 1.78. The van der Waals surface area contributed by atoms with E-state index in [9.17, 15) is 5.21 Å². The van der Waals surface area contributed by atoms with Crippen LogP contribution in [0.2, 0.25) is 0 Å². The third-order valence-corrected chi connectivity index (χ3v) is 2.82. The second-order valence-electron chi connectivity index (χ2n) is 4.30. The van der Waals surface area contributed by atoms with Crippen molar-refractivity contribution in [1.29, 1.82) is 0 Å². The van der Waals surface area contributed by atoms with Gasteiger partial charge in [0.2, 0.25) is 0 Å². The van der Waals surface area contributed by atoms with Gasteiger partial charge in [0.05, 0.1) is 7.11 Å². The Hall–Kier alpha value is -2.50. The quantitative estimate of drug-likeness (QED) is 0.824. The smallest absolute Gasteiger partial charge is 0.161 e. The minimum absolute atomic E-state index is 0.258. The molecule has 21 heavy (non-hydrogen) atoms. The van der Waals surface area contributed by atoms with Gasteiger partial charge in [-0.2, -0.15) is 0 Å². The summed E-state index contributed by atoms with van der Waals surface area (Å²) >= 11 is 0. The molecular formula is C16H16NO4-. The molecule has 1 N–H and O–H groups in total. The van der Waals surface area contributed by atoms with Crippen LogP contribution in [0.1, 0.15) is 11.1 Å². The second-order valence-corrected chi connectivity index (χ2v) is 4.30. The molecule has 0 aromatic heterocycles. The molecule has 0 radical (unpaired) electrons. The molecule has 0 fully saturated rings. The molecule has 0 saturated heterocycles. The van der Waals surface area contributed by atoms with E-state index in [2.05, 4.69) is 0 Å². The Labute approximate surface area is 123 Å². The van der Waals surface area contributed by atoms with Crippen LogP contribution in [-0.4, -0.2) is 17.5 Å². The number of nitrogens with zero attached hydrogens (tertiary/aromatic N) is 1. The lowest BCUT2D eigenvalue weighted by molar-refractivity contribution is 0.0129. The normalized spacial score (nSPS) is 10.6. The lowest BCUT2D eigenvalue weighted by Gasteiger charge is -2.15. The highest BCUT2D eigenvalue weighted by Crippen LogP contribution is 2.29. The van der Waals surface area contributed by atoms with Crippen molar-refractivity contribution >= 4 is 6.08 Å². The third kappa shape index (κ3) is 4.52. The van der Waals surface area contributed by atoms with E-state index in [0.29, 0.717) is 23.7 Å². The summed E-state index contributed by atoms with van der Waals surface area (Å²) in [5, 5.41) is 18.7. The first-order valence-corrected chi connectivity index (χ1v) is 6.37. The zero-order chi connectivity index (χ0) is 15.1. The summed E-state index contributed by atoms with van der Waals surface area (Å²) in [6.07, 6.45) is 2.47. The van der Waals surface area contributed by atoms with Crippen LogP contribution in [0.25, 0.3) is 6.08 Å². The second kappa shape index (κ2) is 7.33. The van der Waals surface area contributed by atoms with Crippen molar-refractivity contribution in [3.05, 3.63) is 71.1 Å². The van der Waals surface area contributed by atoms with E-state index in [1.807, 2.05) is 30.3 Å². The first kappa shape index (κ1) is 14.9. The van der Waals surface area contributed by atoms with Crippen molar-refractivity contribution in [2.45, 2.75) is 6.61 Å². The van der Waals surface area contributed by atoms with E-state index in [1.54, 1.807) is 25.3 Å². The maximum Gasteiger partial charge on any atom is 0.161 e. The number of hydrogen-bond donors (Lipinski definition) is 1. The van der Waals surface area contributed by atoms with E-state index in [-0.39, 0.29) is 5.23 Å². The highest BCUT2D eigenvalue weighted by Gasteiger charge is 2.05. The highest BCUT2D eigenvalue weighted by atomic mass is 16.8. The van der Waals surface area contributed by atoms with Crippen LogP contribution in [0.3, 0.4) is 0 Å². The minimum Gasteiger partial charge on any atom is -0.734 e. The molecule has 5 heteroatoms. The fraction of sp³-hybridized carbons (Fsp3) is 0.125. The van der Waals surface area contributed by atoms with Crippen LogP contribution >= 0.6 is 0 Å². The molecule has 0 heterocycles. The molecule has 0 amide bonds.